The summed E-state index contributed by atoms with van der Waals surface area (Å²) in [6.45, 7) is 4.63. The van der Waals surface area contributed by atoms with Crippen molar-refractivity contribution in [2.24, 2.45) is 5.92 Å². The number of rotatable bonds is 9. The Morgan fingerprint density at radius 2 is 2.20 bits per heavy atom. The van der Waals surface area contributed by atoms with Crippen LogP contribution in [0.3, 0.4) is 0 Å². The lowest BCUT2D eigenvalue weighted by atomic mass is 10.0. The van der Waals surface area contributed by atoms with E-state index < -0.39 is 5.97 Å². The molecule has 0 saturated carbocycles. The molecule has 1 heterocycles. The van der Waals surface area contributed by atoms with Gasteiger partial charge in [-0.05, 0) is 32.2 Å². The first-order valence-corrected chi connectivity index (χ1v) is 6.63. The third-order valence-electron chi connectivity index (χ3n) is 2.84. The number of aliphatic carboxylic acids is 1. The smallest absolute Gasteiger partial charge is 0.303 e. The predicted octanol–water partition coefficient (Wildman–Crippen LogP) is 1.40. The molecule has 0 saturated heterocycles. The quantitative estimate of drug-likeness (QED) is 0.592. The molecule has 20 heavy (non-hydrogen) atoms. The largest absolute Gasteiger partial charge is 0.481 e. The number of carboxylic acids is 1. The van der Waals surface area contributed by atoms with E-state index in [1.165, 1.54) is 0 Å². The molecular weight excluding hydrogens is 262 g/mol. The zero-order valence-corrected chi connectivity index (χ0v) is 11.8. The number of nitrogens with one attached hydrogen (secondary N) is 2. The molecule has 1 unspecified atom stereocenters. The standard InChI is InChI=1S/C13H21N3O4/c1-9(3-4-13(18)19)5-6-14-8-11(17)15-12-7-10(2)16-20-12/h7,9,14H,3-6,8H2,1-2H3,(H,15,17)(H,18,19). The van der Waals surface area contributed by atoms with Crippen LogP contribution in [0.15, 0.2) is 10.6 Å². The second-order valence-corrected chi connectivity index (χ2v) is 4.88. The summed E-state index contributed by atoms with van der Waals surface area (Å²) >= 11 is 0. The molecule has 0 fully saturated rings. The Kier molecular flexibility index (Phi) is 6.72. The zero-order valence-electron chi connectivity index (χ0n) is 11.8. The Morgan fingerprint density at radius 1 is 1.45 bits per heavy atom. The normalized spacial score (nSPS) is 12.1. The van der Waals surface area contributed by atoms with E-state index in [9.17, 15) is 9.59 Å². The van der Waals surface area contributed by atoms with Gasteiger partial charge in [-0.1, -0.05) is 12.1 Å². The third kappa shape index (κ3) is 6.89. The van der Waals surface area contributed by atoms with Crippen LogP contribution in [0.1, 0.15) is 31.9 Å². The molecule has 0 radical (unpaired) electrons. The van der Waals surface area contributed by atoms with E-state index in [1.54, 1.807) is 13.0 Å². The summed E-state index contributed by atoms with van der Waals surface area (Å²) in [6, 6.07) is 1.64. The van der Waals surface area contributed by atoms with Crippen LogP contribution in [-0.2, 0) is 9.59 Å². The molecule has 0 aliphatic rings. The minimum atomic E-state index is -0.772. The number of anilines is 1. The SMILES string of the molecule is Cc1cc(NC(=O)CNCCC(C)CCC(=O)O)on1. The Hall–Kier alpha value is -1.89. The second kappa shape index (κ2) is 8.31. The van der Waals surface area contributed by atoms with Gasteiger partial charge in [0.1, 0.15) is 0 Å². The molecule has 1 aromatic rings. The van der Waals surface area contributed by atoms with Gasteiger partial charge in [-0.15, -0.1) is 0 Å². The summed E-state index contributed by atoms with van der Waals surface area (Å²) in [7, 11) is 0. The van der Waals surface area contributed by atoms with E-state index in [4.69, 9.17) is 9.63 Å². The maximum Gasteiger partial charge on any atom is 0.303 e. The summed E-state index contributed by atoms with van der Waals surface area (Å²) in [5.41, 5.74) is 0.709. The van der Waals surface area contributed by atoms with Crippen molar-refractivity contribution in [2.75, 3.05) is 18.4 Å². The third-order valence-corrected chi connectivity index (χ3v) is 2.84. The van der Waals surface area contributed by atoms with E-state index in [0.717, 1.165) is 6.42 Å². The van der Waals surface area contributed by atoms with E-state index in [2.05, 4.69) is 15.8 Å². The predicted molar refractivity (Wildman–Crippen MR) is 73.4 cm³/mol. The van der Waals surface area contributed by atoms with E-state index in [1.807, 2.05) is 6.92 Å². The number of amides is 1. The summed E-state index contributed by atoms with van der Waals surface area (Å²) < 4.78 is 4.87. The average molecular weight is 283 g/mol. The molecule has 0 spiro atoms. The second-order valence-electron chi connectivity index (χ2n) is 4.88. The lowest BCUT2D eigenvalue weighted by Gasteiger charge is -2.10. The highest BCUT2D eigenvalue weighted by Gasteiger charge is 2.07. The van der Waals surface area contributed by atoms with E-state index in [0.29, 0.717) is 30.5 Å². The number of carbonyl (C=O) groups is 2. The van der Waals surface area contributed by atoms with Gasteiger partial charge < -0.3 is 14.9 Å². The number of carboxylic acid groups (broad SMARTS) is 1. The Morgan fingerprint density at radius 3 is 2.80 bits per heavy atom. The fourth-order valence-corrected chi connectivity index (χ4v) is 1.67. The lowest BCUT2D eigenvalue weighted by molar-refractivity contribution is -0.137. The highest BCUT2D eigenvalue weighted by atomic mass is 16.5. The summed E-state index contributed by atoms with van der Waals surface area (Å²) in [6.07, 6.45) is 1.68. The molecule has 7 nitrogen and oxygen atoms in total. The van der Waals surface area contributed by atoms with Crippen LogP contribution in [0, 0.1) is 12.8 Å². The van der Waals surface area contributed by atoms with Crippen molar-refractivity contribution in [2.45, 2.75) is 33.1 Å². The summed E-state index contributed by atoms with van der Waals surface area (Å²) in [5, 5.41) is 17.8. The number of hydrogen-bond acceptors (Lipinski definition) is 5. The highest BCUT2D eigenvalue weighted by Crippen LogP contribution is 2.09. The molecule has 1 atom stereocenters. The van der Waals surface area contributed by atoms with Gasteiger partial charge >= 0.3 is 5.97 Å². The first-order valence-electron chi connectivity index (χ1n) is 6.63. The van der Waals surface area contributed by atoms with Gasteiger partial charge in [-0.25, -0.2) is 0 Å². The van der Waals surface area contributed by atoms with Gasteiger partial charge in [-0.2, -0.15) is 0 Å². The highest BCUT2D eigenvalue weighted by molar-refractivity contribution is 5.90. The number of nitrogens with zero attached hydrogens (tertiary/aromatic N) is 1. The number of aryl methyl sites for hydroxylation is 1. The Balaban J connectivity index is 2.08. The molecule has 7 heteroatoms. The van der Waals surface area contributed by atoms with Crippen LogP contribution in [0.25, 0.3) is 0 Å². The number of aromatic nitrogens is 1. The van der Waals surface area contributed by atoms with Crippen LogP contribution < -0.4 is 10.6 Å². The summed E-state index contributed by atoms with van der Waals surface area (Å²) in [4.78, 5) is 22.0. The molecule has 0 aliphatic heterocycles. The van der Waals surface area contributed by atoms with Crippen molar-refractivity contribution in [1.82, 2.24) is 10.5 Å². The molecular formula is C13H21N3O4. The van der Waals surface area contributed by atoms with E-state index in [-0.39, 0.29) is 18.9 Å². The molecule has 0 bridgehead atoms. The minimum Gasteiger partial charge on any atom is -0.481 e. The molecule has 0 aromatic carbocycles. The van der Waals surface area contributed by atoms with Gasteiger partial charge in [0.25, 0.3) is 0 Å². The molecule has 3 N–H and O–H groups in total. The van der Waals surface area contributed by atoms with Crippen LogP contribution in [0.4, 0.5) is 5.88 Å². The van der Waals surface area contributed by atoms with Gasteiger partial charge in [0.15, 0.2) is 0 Å². The van der Waals surface area contributed by atoms with Crippen LogP contribution in [0.2, 0.25) is 0 Å². The van der Waals surface area contributed by atoms with E-state index >= 15 is 0 Å². The first-order chi connectivity index (χ1) is 9.47. The Bertz CT molecular complexity index is 445. The molecule has 0 aliphatic carbocycles. The van der Waals surface area contributed by atoms with Crippen molar-refractivity contribution in [3.63, 3.8) is 0 Å². The van der Waals surface area contributed by atoms with Crippen LogP contribution in [-0.4, -0.2) is 35.2 Å². The lowest BCUT2D eigenvalue weighted by Crippen LogP contribution is -2.29. The monoisotopic (exact) mass is 283 g/mol. The summed E-state index contributed by atoms with van der Waals surface area (Å²) in [5.74, 6) is -0.311. The fraction of sp³-hybridized carbons (Fsp3) is 0.615. The average Bonchev–Trinajstić information content (AvgIpc) is 2.77. The number of hydrogen-bond donors (Lipinski definition) is 3. The van der Waals surface area contributed by atoms with Gasteiger partial charge in [-0.3, -0.25) is 14.9 Å². The molecule has 1 rings (SSSR count). The topological polar surface area (TPSA) is 104 Å². The van der Waals surface area contributed by atoms with Gasteiger partial charge in [0.2, 0.25) is 11.8 Å². The van der Waals surface area contributed by atoms with Crippen molar-refractivity contribution >= 4 is 17.8 Å². The van der Waals surface area contributed by atoms with Gasteiger partial charge in [0.05, 0.1) is 12.2 Å². The zero-order chi connectivity index (χ0) is 15.0. The van der Waals surface area contributed by atoms with Crippen molar-refractivity contribution in [1.29, 1.82) is 0 Å². The molecule has 1 amide bonds. The van der Waals surface area contributed by atoms with Gasteiger partial charge in [0, 0.05) is 12.5 Å². The molecule has 112 valence electrons. The Labute approximate surface area is 117 Å². The number of carbonyl (C=O) groups excluding carboxylic acids is 1. The van der Waals surface area contributed by atoms with Crippen molar-refractivity contribution in [3.8, 4) is 0 Å². The minimum absolute atomic E-state index is 0.186. The van der Waals surface area contributed by atoms with Crippen molar-refractivity contribution in [3.05, 3.63) is 11.8 Å². The maximum absolute atomic E-state index is 11.5. The van der Waals surface area contributed by atoms with Crippen molar-refractivity contribution < 1.29 is 19.2 Å². The van der Waals surface area contributed by atoms with Crippen LogP contribution in [0.5, 0.6) is 0 Å². The first kappa shape index (κ1) is 16.2. The fourth-order valence-electron chi connectivity index (χ4n) is 1.67. The van der Waals surface area contributed by atoms with Crippen LogP contribution >= 0.6 is 0 Å². The maximum atomic E-state index is 11.5. The molecule has 1 aromatic heterocycles.